The average molecular weight is 395 g/mol. The Morgan fingerprint density at radius 3 is 2.38 bits per heavy atom. The maximum absolute atomic E-state index is 14.4. The summed E-state index contributed by atoms with van der Waals surface area (Å²) in [5.74, 6) is -2.97. The summed E-state index contributed by atoms with van der Waals surface area (Å²) in [4.78, 5) is 10.2. The number of aryl methyl sites for hydroxylation is 1. The van der Waals surface area contributed by atoms with Gasteiger partial charge in [-0.3, -0.25) is 9.97 Å². The van der Waals surface area contributed by atoms with E-state index in [0.29, 0.717) is 13.0 Å². The lowest BCUT2D eigenvalue weighted by Crippen LogP contribution is -2.33. The predicted molar refractivity (Wildman–Crippen MR) is 113 cm³/mol. The molecule has 0 amide bonds. The van der Waals surface area contributed by atoms with Gasteiger partial charge in [0.2, 0.25) is 0 Å². The first-order chi connectivity index (χ1) is 13.9. The van der Waals surface area contributed by atoms with E-state index < -0.39 is 5.92 Å². The standard InChI is InChI=1S/C24H27F2N3/c1-4-19-9-6-7-10-20(19)21-11-8-14-27-22(21)15-18-12-13-23(28-16-18)24(25,26)17-29(3)5-2/h6-14,16H,4-5,15,17H2,1-3H3. The summed E-state index contributed by atoms with van der Waals surface area (Å²) < 4.78 is 28.8. The minimum Gasteiger partial charge on any atom is -0.300 e. The van der Waals surface area contributed by atoms with Gasteiger partial charge in [-0.15, -0.1) is 0 Å². The second kappa shape index (κ2) is 9.23. The van der Waals surface area contributed by atoms with Crippen LogP contribution in [0.15, 0.2) is 60.9 Å². The molecule has 0 aliphatic heterocycles. The first kappa shape index (κ1) is 21.1. The minimum atomic E-state index is -2.97. The van der Waals surface area contributed by atoms with Gasteiger partial charge >= 0.3 is 5.92 Å². The molecule has 0 fully saturated rings. The molecule has 1 aromatic carbocycles. The smallest absolute Gasteiger partial charge is 0.300 e. The summed E-state index contributed by atoms with van der Waals surface area (Å²) >= 11 is 0. The van der Waals surface area contributed by atoms with Gasteiger partial charge in [0.15, 0.2) is 0 Å². The Bertz CT molecular complexity index is 939. The fourth-order valence-corrected chi connectivity index (χ4v) is 3.39. The van der Waals surface area contributed by atoms with Gasteiger partial charge in [0.25, 0.3) is 0 Å². The summed E-state index contributed by atoms with van der Waals surface area (Å²) in [7, 11) is 1.68. The maximum Gasteiger partial charge on any atom is 0.302 e. The molecular formula is C24H27F2N3. The van der Waals surface area contributed by atoms with Crippen molar-refractivity contribution in [2.24, 2.45) is 0 Å². The predicted octanol–water partition coefficient (Wildman–Crippen LogP) is 5.34. The van der Waals surface area contributed by atoms with Gasteiger partial charge in [0.1, 0.15) is 5.69 Å². The number of likely N-dealkylation sites (N-methyl/N-ethyl adjacent to an activating group) is 1. The van der Waals surface area contributed by atoms with Gasteiger partial charge in [-0.25, -0.2) is 0 Å². The number of rotatable bonds is 8. The first-order valence-electron chi connectivity index (χ1n) is 9.98. The Morgan fingerprint density at radius 2 is 1.69 bits per heavy atom. The molecule has 3 rings (SSSR count). The van der Waals surface area contributed by atoms with E-state index in [1.165, 1.54) is 11.6 Å². The summed E-state index contributed by atoms with van der Waals surface area (Å²) in [6.45, 7) is 4.21. The third kappa shape index (κ3) is 5.04. The SMILES string of the molecule is CCc1ccccc1-c1cccnc1Cc1ccc(C(F)(F)CN(C)CC)nc1. The third-order valence-corrected chi connectivity index (χ3v) is 5.16. The summed E-state index contributed by atoms with van der Waals surface area (Å²) in [6, 6.07) is 15.4. The highest BCUT2D eigenvalue weighted by atomic mass is 19.3. The number of aromatic nitrogens is 2. The maximum atomic E-state index is 14.4. The number of alkyl halides is 2. The van der Waals surface area contributed by atoms with E-state index in [2.05, 4.69) is 35.1 Å². The van der Waals surface area contributed by atoms with Crippen molar-refractivity contribution in [1.29, 1.82) is 0 Å². The Kier molecular flexibility index (Phi) is 6.70. The number of halogens is 2. The van der Waals surface area contributed by atoms with Crippen LogP contribution in [-0.2, 0) is 18.8 Å². The van der Waals surface area contributed by atoms with Crippen LogP contribution in [0.25, 0.3) is 11.1 Å². The zero-order valence-electron chi connectivity index (χ0n) is 17.2. The van der Waals surface area contributed by atoms with E-state index in [-0.39, 0.29) is 12.2 Å². The number of pyridine rings is 2. The molecule has 0 saturated carbocycles. The van der Waals surface area contributed by atoms with Crippen LogP contribution in [0.3, 0.4) is 0 Å². The highest BCUT2D eigenvalue weighted by molar-refractivity contribution is 5.69. The number of hydrogen-bond acceptors (Lipinski definition) is 3. The van der Waals surface area contributed by atoms with E-state index in [9.17, 15) is 8.78 Å². The van der Waals surface area contributed by atoms with Crippen LogP contribution in [0, 0.1) is 0 Å². The lowest BCUT2D eigenvalue weighted by molar-refractivity contribution is -0.0350. The topological polar surface area (TPSA) is 29.0 Å². The average Bonchev–Trinajstić information content (AvgIpc) is 2.74. The largest absolute Gasteiger partial charge is 0.302 e. The molecular weight excluding hydrogens is 368 g/mol. The van der Waals surface area contributed by atoms with Gasteiger partial charge < -0.3 is 4.90 Å². The molecule has 2 heterocycles. The van der Waals surface area contributed by atoms with Gasteiger partial charge in [-0.2, -0.15) is 8.78 Å². The molecule has 3 nitrogen and oxygen atoms in total. The molecule has 152 valence electrons. The van der Waals surface area contributed by atoms with Crippen LogP contribution in [0.2, 0.25) is 0 Å². The minimum absolute atomic E-state index is 0.195. The van der Waals surface area contributed by atoms with E-state index in [4.69, 9.17) is 0 Å². The lowest BCUT2D eigenvalue weighted by Gasteiger charge is -2.22. The molecule has 3 aromatic rings. The molecule has 2 aromatic heterocycles. The van der Waals surface area contributed by atoms with Gasteiger partial charge in [0.05, 0.1) is 12.2 Å². The number of hydrogen-bond donors (Lipinski definition) is 0. The van der Waals surface area contributed by atoms with Gasteiger partial charge in [-0.05, 0) is 48.8 Å². The molecule has 0 N–H and O–H groups in total. The van der Waals surface area contributed by atoms with Crippen molar-refractivity contribution in [2.45, 2.75) is 32.6 Å². The molecule has 0 atom stereocenters. The van der Waals surface area contributed by atoms with Crippen molar-refractivity contribution < 1.29 is 8.78 Å². The quantitative estimate of drug-likeness (QED) is 0.515. The zero-order valence-corrected chi connectivity index (χ0v) is 17.2. The van der Waals surface area contributed by atoms with Crippen LogP contribution in [0.1, 0.15) is 36.4 Å². The van der Waals surface area contributed by atoms with Crippen molar-refractivity contribution in [3.8, 4) is 11.1 Å². The zero-order chi connectivity index (χ0) is 20.9. The van der Waals surface area contributed by atoms with E-state index >= 15 is 0 Å². The summed E-state index contributed by atoms with van der Waals surface area (Å²) in [6.07, 6.45) is 4.79. The molecule has 0 saturated heterocycles. The molecule has 0 unspecified atom stereocenters. The van der Waals surface area contributed by atoms with Crippen molar-refractivity contribution in [3.63, 3.8) is 0 Å². The second-order valence-electron chi connectivity index (χ2n) is 7.27. The molecule has 0 radical (unpaired) electrons. The molecule has 29 heavy (non-hydrogen) atoms. The summed E-state index contributed by atoms with van der Waals surface area (Å²) in [5.41, 5.74) is 5.08. The van der Waals surface area contributed by atoms with Crippen molar-refractivity contribution in [2.75, 3.05) is 20.1 Å². The molecule has 0 spiro atoms. The first-order valence-corrected chi connectivity index (χ1v) is 9.98. The Labute approximate surface area is 171 Å². The van der Waals surface area contributed by atoms with Crippen LogP contribution in [0.4, 0.5) is 8.78 Å². The van der Waals surface area contributed by atoms with Gasteiger partial charge in [-0.1, -0.05) is 50.2 Å². The normalized spacial score (nSPS) is 11.8. The van der Waals surface area contributed by atoms with Crippen molar-refractivity contribution in [1.82, 2.24) is 14.9 Å². The van der Waals surface area contributed by atoms with Crippen molar-refractivity contribution in [3.05, 3.63) is 83.4 Å². The fourth-order valence-electron chi connectivity index (χ4n) is 3.39. The molecule has 0 bridgehead atoms. The van der Waals surface area contributed by atoms with Crippen molar-refractivity contribution >= 4 is 0 Å². The fraction of sp³-hybridized carbons (Fsp3) is 0.333. The van der Waals surface area contributed by atoms with E-state index in [1.807, 2.05) is 25.1 Å². The highest BCUT2D eigenvalue weighted by Gasteiger charge is 2.34. The van der Waals surface area contributed by atoms with Gasteiger partial charge in [0, 0.05) is 24.4 Å². The Hall–Kier alpha value is -2.66. The third-order valence-electron chi connectivity index (χ3n) is 5.16. The van der Waals surface area contributed by atoms with E-state index in [1.54, 1.807) is 30.4 Å². The molecule has 0 aliphatic rings. The second-order valence-corrected chi connectivity index (χ2v) is 7.27. The van der Waals surface area contributed by atoms with Crippen LogP contribution in [-0.4, -0.2) is 35.0 Å². The number of nitrogens with zero attached hydrogens (tertiary/aromatic N) is 3. The monoisotopic (exact) mass is 395 g/mol. The number of benzene rings is 1. The van der Waals surface area contributed by atoms with Crippen LogP contribution in [0.5, 0.6) is 0 Å². The highest BCUT2D eigenvalue weighted by Crippen LogP contribution is 2.29. The summed E-state index contributed by atoms with van der Waals surface area (Å²) in [5, 5.41) is 0. The van der Waals surface area contributed by atoms with E-state index in [0.717, 1.165) is 28.8 Å². The Balaban J connectivity index is 1.85. The van der Waals surface area contributed by atoms with Crippen LogP contribution < -0.4 is 0 Å². The Morgan fingerprint density at radius 1 is 0.931 bits per heavy atom. The lowest BCUT2D eigenvalue weighted by atomic mass is 9.95. The van der Waals surface area contributed by atoms with Crippen LogP contribution >= 0.6 is 0 Å². The molecule has 5 heteroatoms. The molecule has 0 aliphatic carbocycles.